The number of hydrogen-bond acceptors (Lipinski definition) is 4. The molecule has 0 radical (unpaired) electrons. The molecule has 1 saturated heterocycles. The van der Waals surface area contributed by atoms with Gasteiger partial charge in [-0.15, -0.1) is 11.3 Å². The van der Waals surface area contributed by atoms with Crippen LogP contribution in [-0.2, 0) is 16.1 Å². The van der Waals surface area contributed by atoms with Gasteiger partial charge < -0.3 is 10.2 Å². The summed E-state index contributed by atoms with van der Waals surface area (Å²) in [4.78, 5) is 30.0. The van der Waals surface area contributed by atoms with E-state index in [9.17, 15) is 9.59 Å². The number of aromatic nitrogens is 1. The van der Waals surface area contributed by atoms with E-state index in [4.69, 9.17) is 11.6 Å². The summed E-state index contributed by atoms with van der Waals surface area (Å²) >= 11 is 7.48. The number of carbonyl (C=O) groups excluding carboxylic acids is 2. The van der Waals surface area contributed by atoms with Crippen molar-refractivity contribution in [2.75, 3.05) is 11.9 Å². The van der Waals surface area contributed by atoms with E-state index in [1.807, 2.05) is 18.2 Å². The smallest absolute Gasteiger partial charge is 0.231 e. The monoisotopic (exact) mass is 335 g/mol. The Bertz CT molecular complexity index is 690. The van der Waals surface area contributed by atoms with Gasteiger partial charge in [0.2, 0.25) is 11.8 Å². The number of carbonyl (C=O) groups is 2. The molecule has 0 spiro atoms. The summed E-state index contributed by atoms with van der Waals surface area (Å²) in [5.41, 5.74) is 0.887. The summed E-state index contributed by atoms with van der Waals surface area (Å²) in [7, 11) is 0. The predicted molar refractivity (Wildman–Crippen MR) is 85.7 cm³/mol. The van der Waals surface area contributed by atoms with Crippen molar-refractivity contribution in [3.63, 3.8) is 0 Å². The SMILES string of the molecule is O=C(Nc1nccs1)C1CC(=O)N(Cc2ccccc2Cl)C1. The Morgan fingerprint density at radius 1 is 1.45 bits per heavy atom. The lowest BCUT2D eigenvalue weighted by Gasteiger charge is -2.17. The number of nitrogens with one attached hydrogen (secondary N) is 1. The van der Waals surface area contributed by atoms with Crippen LogP contribution in [0.15, 0.2) is 35.8 Å². The maximum Gasteiger partial charge on any atom is 0.231 e. The van der Waals surface area contributed by atoms with Gasteiger partial charge in [0.15, 0.2) is 5.13 Å². The molecule has 1 aromatic heterocycles. The molecule has 0 aliphatic carbocycles. The lowest BCUT2D eigenvalue weighted by Crippen LogP contribution is -2.28. The molecule has 2 heterocycles. The summed E-state index contributed by atoms with van der Waals surface area (Å²) in [6, 6.07) is 7.42. The van der Waals surface area contributed by atoms with Gasteiger partial charge in [-0.05, 0) is 11.6 Å². The lowest BCUT2D eigenvalue weighted by molar-refractivity contribution is -0.128. The van der Waals surface area contributed by atoms with Gasteiger partial charge in [0.1, 0.15) is 0 Å². The van der Waals surface area contributed by atoms with Crippen LogP contribution in [0.4, 0.5) is 5.13 Å². The highest BCUT2D eigenvalue weighted by Crippen LogP contribution is 2.24. The first-order valence-electron chi connectivity index (χ1n) is 6.85. The highest BCUT2D eigenvalue weighted by molar-refractivity contribution is 7.13. The number of anilines is 1. The van der Waals surface area contributed by atoms with E-state index in [1.165, 1.54) is 11.3 Å². The summed E-state index contributed by atoms with van der Waals surface area (Å²) in [5.74, 6) is -0.539. The van der Waals surface area contributed by atoms with E-state index in [-0.39, 0.29) is 24.2 Å². The van der Waals surface area contributed by atoms with Crippen LogP contribution in [0.1, 0.15) is 12.0 Å². The zero-order valence-electron chi connectivity index (χ0n) is 11.7. The standard InChI is InChI=1S/C15H14ClN3O2S/c16-12-4-2-1-3-10(12)8-19-9-11(7-13(19)20)14(21)18-15-17-5-6-22-15/h1-6,11H,7-9H2,(H,17,18,21). The Hall–Kier alpha value is -1.92. The van der Waals surface area contributed by atoms with Crippen molar-refractivity contribution < 1.29 is 9.59 Å². The average Bonchev–Trinajstić information content (AvgIpc) is 3.12. The molecule has 5 nitrogen and oxygen atoms in total. The number of amides is 2. The fourth-order valence-electron chi connectivity index (χ4n) is 2.43. The van der Waals surface area contributed by atoms with Gasteiger partial charge in [-0.3, -0.25) is 9.59 Å². The highest BCUT2D eigenvalue weighted by Gasteiger charge is 2.34. The summed E-state index contributed by atoms with van der Waals surface area (Å²) < 4.78 is 0. The maximum absolute atomic E-state index is 12.2. The van der Waals surface area contributed by atoms with E-state index >= 15 is 0 Å². The third-order valence-electron chi connectivity index (χ3n) is 3.57. The third-order valence-corrected chi connectivity index (χ3v) is 4.62. The van der Waals surface area contributed by atoms with Crippen molar-refractivity contribution in [1.29, 1.82) is 0 Å². The Kier molecular flexibility index (Phi) is 4.40. The quantitative estimate of drug-likeness (QED) is 0.934. The predicted octanol–water partition coefficient (Wildman–Crippen LogP) is 2.78. The molecule has 0 saturated carbocycles. The van der Waals surface area contributed by atoms with E-state index in [0.29, 0.717) is 23.2 Å². The Labute approximate surface area is 136 Å². The van der Waals surface area contributed by atoms with Crippen LogP contribution in [0.3, 0.4) is 0 Å². The molecular weight excluding hydrogens is 322 g/mol. The molecule has 0 bridgehead atoms. The third kappa shape index (κ3) is 3.28. The molecule has 1 aromatic carbocycles. The molecule has 3 rings (SSSR count). The number of rotatable bonds is 4. The van der Waals surface area contributed by atoms with Gasteiger partial charge in [0.25, 0.3) is 0 Å². The first-order chi connectivity index (χ1) is 10.6. The molecule has 1 unspecified atom stereocenters. The Morgan fingerprint density at radius 3 is 3.00 bits per heavy atom. The molecule has 22 heavy (non-hydrogen) atoms. The van der Waals surface area contributed by atoms with Gasteiger partial charge in [-0.1, -0.05) is 29.8 Å². The summed E-state index contributed by atoms with van der Waals surface area (Å²) in [5, 5.41) is 5.72. The second kappa shape index (κ2) is 6.46. The van der Waals surface area contributed by atoms with Gasteiger partial charge in [-0.25, -0.2) is 4.98 Å². The Morgan fingerprint density at radius 2 is 2.27 bits per heavy atom. The molecule has 1 N–H and O–H groups in total. The minimum absolute atomic E-state index is 0.0285. The molecule has 2 aromatic rings. The molecule has 1 aliphatic heterocycles. The largest absolute Gasteiger partial charge is 0.337 e. The maximum atomic E-state index is 12.2. The summed E-state index contributed by atoms with van der Waals surface area (Å²) in [6.07, 6.45) is 1.85. The minimum Gasteiger partial charge on any atom is -0.337 e. The zero-order valence-corrected chi connectivity index (χ0v) is 13.2. The van der Waals surface area contributed by atoms with E-state index in [2.05, 4.69) is 10.3 Å². The second-order valence-electron chi connectivity index (χ2n) is 5.09. The van der Waals surface area contributed by atoms with Crippen molar-refractivity contribution in [2.45, 2.75) is 13.0 Å². The van der Waals surface area contributed by atoms with E-state index < -0.39 is 0 Å². The molecule has 7 heteroatoms. The fraction of sp³-hybridized carbons (Fsp3) is 0.267. The van der Waals surface area contributed by atoms with Crippen molar-refractivity contribution in [3.05, 3.63) is 46.4 Å². The normalized spacial score (nSPS) is 17.8. The molecule has 1 aliphatic rings. The first kappa shape index (κ1) is 15.0. The van der Waals surface area contributed by atoms with Crippen molar-refractivity contribution in [3.8, 4) is 0 Å². The van der Waals surface area contributed by atoms with Gasteiger partial charge in [0.05, 0.1) is 5.92 Å². The molecule has 2 amide bonds. The fourth-order valence-corrected chi connectivity index (χ4v) is 3.15. The second-order valence-corrected chi connectivity index (χ2v) is 6.39. The minimum atomic E-state index is -0.348. The van der Waals surface area contributed by atoms with Crippen LogP contribution in [0.2, 0.25) is 5.02 Å². The molecule has 1 atom stereocenters. The van der Waals surface area contributed by atoms with E-state index in [1.54, 1.807) is 22.5 Å². The number of nitrogens with zero attached hydrogens (tertiary/aromatic N) is 2. The van der Waals surface area contributed by atoms with Crippen molar-refractivity contribution in [2.24, 2.45) is 5.92 Å². The van der Waals surface area contributed by atoms with Crippen LogP contribution < -0.4 is 5.32 Å². The van der Waals surface area contributed by atoms with Gasteiger partial charge in [0, 0.05) is 36.1 Å². The average molecular weight is 336 g/mol. The number of likely N-dealkylation sites (tertiary alicyclic amines) is 1. The number of benzene rings is 1. The van der Waals surface area contributed by atoms with Crippen LogP contribution in [0.5, 0.6) is 0 Å². The molecular formula is C15H14ClN3O2S. The number of halogens is 1. The van der Waals surface area contributed by atoms with Crippen molar-refractivity contribution in [1.82, 2.24) is 9.88 Å². The zero-order chi connectivity index (χ0) is 15.5. The number of hydrogen-bond donors (Lipinski definition) is 1. The van der Waals surface area contributed by atoms with Gasteiger partial charge in [-0.2, -0.15) is 0 Å². The van der Waals surface area contributed by atoms with E-state index in [0.717, 1.165) is 5.56 Å². The highest BCUT2D eigenvalue weighted by atomic mass is 35.5. The molecule has 114 valence electrons. The molecule has 1 fully saturated rings. The first-order valence-corrected chi connectivity index (χ1v) is 8.11. The lowest BCUT2D eigenvalue weighted by atomic mass is 10.1. The van der Waals surface area contributed by atoms with Gasteiger partial charge >= 0.3 is 0 Å². The van der Waals surface area contributed by atoms with Crippen molar-refractivity contribution >= 4 is 39.9 Å². The van der Waals surface area contributed by atoms with Crippen LogP contribution >= 0.6 is 22.9 Å². The number of thiazole rings is 1. The van der Waals surface area contributed by atoms with Crippen LogP contribution in [0.25, 0.3) is 0 Å². The Balaban J connectivity index is 1.63. The van der Waals surface area contributed by atoms with Crippen LogP contribution in [-0.4, -0.2) is 28.2 Å². The summed E-state index contributed by atoms with van der Waals surface area (Å²) in [6.45, 7) is 0.834. The topological polar surface area (TPSA) is 62.3 Å². The van der Waals surface area contributed by atoms with Crippen LogP contribution in [0, 0.1) is 5.92 Å².